The molecule has 1 fully saturated rings. The van der Waals surface area contributed by atoms with E-state index in [0.29, 0.717) is 12.1 Å². The second-order valence-electron chi connectivity index (χ2n) is 5.55. The van der Waals surface area contributed by atoms with Gasteiger partial charge in [-0.25, -0.2) is 10.0 Å². The summed E-state index contributed by atoms with van der Waals surface area (Å²) in [5.41, 5.74) is 1.52. The number of unbranched alkanes of at least 4 members (excludes halogenated alkanes) is 1. The Morgan fingerprint density at radius 2 is 1.91 bits per heavy atom. The molecule has 0 saturated carbocycles. The van der Waals surface area contributed by atoms with Crippen LogP contribution in [0.4, 0.5) is 5.69 Å². The van der Waals surface area contributed by atoms with E-state index < -0.39 is 5.92 Å². The first-order valence-electron chi connectivity index (χ1n) is 7.60. The second kappa shape index (κ2) is 5.75. The number of hydrazine groups is 1. The number of benzene rings is 1. The quantitative estimate of drug-likeness (QED) is 0.815. The van der Waals surface area contributed by atoms with E-state index in [1.165, 1.54) is 10.0 Å². The molecule has 3 rings (SSSR count). The van der Waals surface area contributed by atoms with Gasteiger partial charge in [0.25, 0.3) is 11.8 Å². The summed E-state index contributed by atoms with van der Waals surface area (Å²) < 4.78 is 0. The summed E-state index contributed by atoms with van der Waals surface area (Å²) >= 11 is 0. The molecular formula is C17H19N3O2. The zero-order valence-electron chi connectivity index (χ0n) is 12.8. The lowest BCUT2D eigenvalue weighted by Gasteiger charge is -2.24. The Balaban J connectivity index is 2.03. The highest BCUT2D eigenvalue weighted by Gasteiger charge is 2.44. The van der Waals surface area contributed by atoms with Gasteiger partial charge in [-0.05, 0) is 18.6 Å². The van der Waals surface area contributed by atoms with Crippen LogP contribution in [0, 0.1) is 5.92 Å². The third kappa shape index (κ3) is 2.22. The predicted octanol–water partition coefficient (Wildman–Crippen LogP) is 2.76. The number of anilines is 1. The molecule has 1 unspecified atom stereocenters. The third-order valence-corrected chi connectivity index (χ3v) is 4.12. The maximum atomic E-state index is 12.7. The number of hydrogen-bond acceptors (Lipinski definition) is 3. The van der Waals surface area contributed by atoms with Gasteiger partial charge in [0.1, 0.15) is 5.92 Å². The Morgan fingerprint density at radius 1 is 1.14 bits per heavy atom. The molecular weight excluding hydrogens is 278 g/mol. The van der Waals surface area contributed by atoms with E-state index in [2.05, 4.69) is 11.9 Å². The average molecular weight is 297 g/mol. The first-order valence-corrected chi connectivity index (χ1v) is 7.60. The van der Waals surface area contributed by atoms with Crippen molar-refractivity contribution in [2.45, 2.75) is 26.2 Å². The van der Waals surface area contributed by atoms with Crippen molar-refractivity contribution in [3.05, 3.63) is 36.5 Å². The number of hydrogen-bond donors (Lipinski definition) is 0. The van der Waals surface area contributed by atoms with Gasteiger partial charge in [0, 0.05) is 18.6 Å². The topological polar surface area (TPSA) is 53.5 Å². The molecule has 2 amide bonds. The maximum absolute atomic E-state index is 12.7. The normalized spacial score (nSPS) is 18.5. The molecule has 0 aliphatic carbocycles. The van der Waals surface area contributed by atoms with Gasteiger partial charge in [-0.15, -0.1) is 0 Å². The molecule has 0 bridgehead atoms. The van der Waals surface area contributed by atoms with Gasteiger partial charge in [-0.2, -0.15) is 0 Å². The lowest BCUT2D eigenvalue weighted by molar-refractivity contribution is -0.131. The molecule has 2 aromatic rings. The van der Waals surface area contributed by atoms with Crippen molar-refractivity contribution < 1.29 is 9.59 Å². The number of aromatic nitrogens is 1. The van der Waals surface area contributed by atoms with E-state index >= 15 is 0 Å². The Bertz CT molecular complexity index is 723. The standard InChI is InChI=1S/C17H19N3O2/c1-3-4-7-13-16(21)19(2)20(17(13)22)15-10-11-18-14-9-6-5-8-12(14)15/h5-6,8-11,13H,3-4,7H2,1-2H3. The molecule has 22 heavy (non-hydrogen) atoms. The summed E-state index contributed by atoms with van der Waals surface area (Å²) in [5.74, 6) is -0.825. The van der Waals surface area contributed by atoms with Gasteiger partial charge in [0.2, 0.25) is 0 Å². The van der Waals surface area contributed by atoms with Gasteiger partial charge >= 0.3 is 0 Å². The van der Waals surface area contributed by atoms with Crippen molar-refractivity contribution >= 4 is 28.4 Å². The number of carbonyl (C=O) groups is 2. The van der Waals surface area contributed by atoms with Crippen LogP contribution in [-0.4, -0.2) is 28.9 Å². The third-order valence-electron chi connectivity index (χ3n) is 4.12. The summed E-state index contributed by atoms with van der Waals surface area (Å²) in [7, 11) is 1.65. The Morgan fingerprint density at radius 3 is 2.68 bits per heavy atom. The number of pyridine rings is 1. The largest absolute Gasteiger partial charge is 0.272 e. The van der Waals surface area contributed by atoms with Gasteiger partial charge in [0.05, 0.1) is 11.2 Å². The fourth-order valence-corrected chi connectivity index (χ4v) is 2.93. The van der Waals surface area contributed by atoms with Crippen molar-refractivity contribution in [1.29, 1.82) is 0 Å². The lowest BCUT2D eigenvalue weighted by Crippen LogP contribution is -2.38. The van der Waals surface area contributed by atoms with Crippen molar-refractivity contribution in [3.8, 4) is 0 Å². The summed E-state index contributed by atoms with van der Waals surface area (Å²) in [6, 6.07) is 9.42. The minimum Gasteiger partial charge on any atom is -0.272 e. The zero-order chi connectivity index (χ0) is 15.7. The molecule has 1 aliphatic rings. The summed E-state index contributed by atoms with van der Waals surface area (Å²) in [5, 5.41) is 3.80. The van der Waals surface area contributed by atoms with Crippen molar-refractivity contribution in [2.24, 2.45) is 5.92 Å². The SMILES string of the molecule is CCCCC1C(=O)N(C)N(c2ccnc3ccccc23)C1=O. The summed E-state index contributed by atoms with van der Waals surface area (Å²) in [6.45, 7) is 2.06. The van der Waals surface area contributed by atoms with E-state index in [9.17, 15) is 9.59 Å². The van der Waals surface area contributed by atoms with E-state index in [4.69, 9.17) is 0 Å². The Kier molecular flexibility index (Phi) is 3.79. The number of rotatable bonds is 4. The molecule has 5 heteroatoms. The van der Waals surface area contributed by atoms with Gasteiger partial charge < -0.3 is 0 Å². The monoisotopic (exact) mass is 297 g/mol. The highest BCUT2D eigenvalue weighted by atomic mass is 16.2. The number of para-hydroxylation sites is 1. The minimum absolute atomic E-state index is 0.126. The Hall–Kier alpha value is -2.43. The van der Waals surface area contributed by atoms with Crippen LogP contribution in [0.25, 0.3) is 10.9 Å². The van der Waals surface area contributed by atoms with Gasteiger partial charge in [0.15, 0.2) is 0 Å². The van der Waals surface area contributed by atoms with Crippen molar-refractivity contribution in [3.63, 3.8) is 0 Å². The molecule has 114 valence electrons. The van der Waals surface area contributed by atoms with E-state index in [1.807, 2.05) is 24.3 Å². The molecule has 0 N–H and O–H groups in total. The average Bonchev–Trinajstić information content (AvgIpc) is 2.75. The van der Waals surface area contributed by atoms with Gasteiger partial charge in [-0.1, -0.05) is 38.0 Å². The molecule has 1 aliphatic heterocycles. The van der Waals surface area contributed by atoms with E-state index in [-0.39, 0.29) is 11.8 Å². The van der Waals surface area contributed by atoms with Crippen LogP contribution in [0.15, 0.2) is 36.5 Å². The molecule has 0 radical (unpaired) electrons. The minimum atomic E-state index is -0.558. The Labute approximate surface area is 129 Å². The molecule has 1 aromatic heterocycles. The molecule has 0 spiro atoms. The number of fused-ring (bicyclic) bond motifs is 1. The smallest absolute Gasteiger partial charge is 0.258 e. The number of carbonyl (C=O) groups excluding carboxylic acids is 2. The predicted molar refractivity (Wildman–Crippen MR) is 85.0 cm³/mol. The highest BCUT2D eigenvalue weighted by molar-refractivity contribution is 6.16. The van der Waals surface area contributed by atoms with Crippen LogP contribution in [-0.2, 0) is 9.59 Å². The maximum Gasteiger partial charge on any atom is 0.258 e. The highest BCUT2D eigenvalue weighted by Crippen LogP contribution is 2.32. The lowest BCUT2D eigenvalue weighted by atomic mass is 10.0. The van der Waals surface area contributed by atoms with E-state index in [1.54, 1.807) is 19.3 Å². The van der Waals surface area contributed by atoms with Crippen LogP contribution in [0.3, 0.4) is 0 Å². The fraction of sp³-hybridized carbons (Fsp3) is 0.353. The molecule has 1 saturated heterocycles. The van der Waals surface area contributed by atoms with Crippen molar-refractivity contribution in [1.82, 2.24) is 9.99 Å². The van der Waals surface area contributed by atoms with Crippen LogP contribution in [0.1, 0.15) is 26.2 Å². The van der Waals surface area contributed by atoms with Gasteiger partial charge in [-0.3, -0.25) is 14.6 Å². The molecule has 2 heterocycles. The van der Waals surface area contributed by atoms with Crippen molar-refractivity contribution in [2.75, 3.05) is 12.1 Å². The zero-order valence-corrected chi connectivity index (χ0v) is 12.8. The first kappa shape index (κ1) is 14.5. The van der Waals surface area contributed by atoms with Crippen LogP contribution < -0.4 is 5.01 Å². The summed E-state index contributed by atoms with van der Waals surface area (Å²) in [6.07, 6.45) is 4.13. The van der Waals surface area contributed by atoms with Crippen LogP contribution >= 0.6 is 0 Å². The number of nitrogens with zero attached hydrogens (tertiary/aromatic N) is 3. The first-order chi connectivity index (χ1) is 10.6. The molecule has 1 atom stereocenters. The fourth-order valence-electron chi connectivity index (χ4n) is 2.93. The van der Waals surface area contributed by atoms with Crippen LogP contribution in [0.5, 0.6) is 0 Å². The van der Waals surface area contributed by atoms with E-state index in [0.717, 1.165) is 23.7 Å². The molecule has 1 aromatic carbocycles. The number of amides is 2. The molecule has 5 nitrogen and oxygen atoms in total. The second-order valence-corrected chi connectivity index (χ2v) is 5.55. The van der Waals surface area contributed by atoms with Crippen LogP contribution in [0.2, 0.25) is 0 Å². The summed E-state index contributed by atoms with van der Waals surface area (Å²) in [4.78, 5) is 29.4.